The molecule has 2 amide bonds. The molecule has 0 bridgehead atoms. The molecule has 2 aromatic rings. The first-order valence-electron chi connectivity index (χ1n) is 9.80. The van der Waals surface area contributed by atoms with Gasteiger partial charge < -0.3 is 20.1 Å². The summed E-state index contributed by atoms with van der Waals surface area (Å²) in [6.45, 7) is 3.85. The first-order valence-corrected chi connectivity index (χ1v) is 9.80. The Bertz CT molecular complexity index is 962. The SMILES string of the molecule is CCOC(=O)Oc1ccc(C(=O)Nc2ccccc2NC(=O)/C=C(\C)C2CC2)cc1. The molecule has 0 saturated heterocycles. The first kappa shape index (κ1) is 21.1. The summed E-state index contributed by atoms with van der Waals surface area (Å²) in [7, 11) is 0. The lowest BCUT2D eigenvalue weighted by Crippen LogP contribution is -2.16. The summed E-state index contributed by atoms with van der Waals surface area (Å²) in [5, 5.41) is 5.62. The first-order chi connectivity index (χ1) is 14.5. The molecule has 30 heavy (non-hydrogen) atoms. The molecule has 156 valence electrons. The van der Waals surface area contributed by atoms with Gasteiger partial charge in [-0.1, -0.05) is 17.7 Å². The van der Waals surface area contributed by atoms with Crippen LogP contribution in [0.15, 0.2) is 60.2 Å². The van der Waals surface area contributed by atoms with Crippen LogP contribution in [0.4, 0.5) is 16.2 Å². The minimum atomic E-state index is -0.801. The number of para-hydroxylation sites is 2. The second-order valence-corrected chi connectivity index (χ2v) is 6.96. The molecule has 0 aliphatic heterocycles. The van der Waals surface area contributed by atoms with Crippen LogP contribution in [-0.2, 0) is 9.53 Å². The van der Waals surface area contributed by atoms with Crippen molar-refractivity contribution in [2.24, 2.45) is 5.92 Å². The quantitative estimate of drug-likeness (QED) is 0.391. The van der Waals surface area contributed by atoms with Gasteiger partial charge >= 0.3 is 6.16 Å². The Labute approximate surface area is 175 Å². The highest BCUT2D eigenvalue weighted by Gasteiger charge is 2.23. The van der Waals surface area contributed by atoms with Crippen LogP contribution >= 0.6 is 0 Å². The van der Waals surface area contributed by atoms with E-state index in [0.717, 1.165) is 18.4 Å². The number of hydrogen-bond donors (Lipinski definition) is 2. The Kier molecular flexibility index (Phi) is 6.85. The summed E-state index contributed by atoms with van der Waals surface area (Å²) >= 11 is 0. The van der Waals surface area contributed by atoms with Crippen molar-refractivity contribution >= 4 is 29.3 Å². The third kappa shape index (κ3) is 5.94. The number of ether oxygens (including phenoxy) is 2. The van der Waals surface area contributed by atoms with Crippen molar-refractivity contribution < 1.29 is 23.9 Å². The molecule has 1 aliphatic rings. The molecular weight excluding hydrogens is 384 g/mol. The molecular formula is C23H24N2O5. The van der Waals surface area contributed by atoms with Crippen molar-refractivity contribution in [3.63, 3.8) is 0 Å². The molecule has 7 heteroatoms. The van der Waals surface area contributed by atoms with Gasteiger partial charge in [-0.25, -0.2) is 4.79 Å². The predicted molar refractivity (Wildman–Crippen MR) is 114 cm³/mol. The summed E-state index contributed by atoms with van der Waals surface area (Å²) in [5.41, 5.74) is 2.44. The highest BCUT2D eigenvalue weighted by molar-refractivity contribution is 6.08. The second kappa shape index (κ2) is 9.73. The maximum Gasteiger partial charge on any atom is 0.513 e. The molecule has 2 aromatic carbocycles. The number of benzene rings is 2. The summed E-state index contributed by atoms with van der Waals surface area (Å²) in [6, 6.07) is 13.1. The van der Waals surface area contributed by atoms with Gasteiger partial charge in [-0.3, -0.25) is 9.59 Å². The average Bonchev–Trinajstić information content (AvgIpc) is 3.55. The number of hydrogen-bond acceptors (Lipinski definition) is 5. The molecule has 0 aromatic heterocycles. The topological polar surface area (TPSA) is 93.7 Å². The lowest BCUT2D eigenvalue weighted by Gasteiger charge is -2.12. The molecule has 0 atom stereocenters. The standard InChI is InChI=1S/C23H24N2O5/c1-3-29-23(28)30-18-12-10-17(11-13-18)22(27)25-20-7-5-4-6-19(20)24-21(26)14-15(2)16-8-9-16/h4-7,10-14,16H,3,8-9H2,1-2H3,(H,24,26)(H,25,27)/b15-14+. The molecule has 7 nitrogen and oxygen atoms in total. The Hall–Kier alpha value is -3.61. The van der Waals surface area contributed by atoms with Gasteiger partial charge in [0.15, 0.2) is 0 Å². The van der Waals surface area contributed by atoms with Crippen LogP contribution < -0.4 is 15.4 Å². The second-order valence-electron chi connectivity index (χ2n) is 6.96. The Morgan fingerprint density at radius 3 is 2.23 bits per heavy atom. The molecule has 1 aliphatic carbocycles. The molecule has 3 rings (SSSR count). The molecule has 0 unspecified atom stereocenters. The van der Waals surface area contributed by atoms with Crippen LogP contribution in [0.5, 0.6) is 5.75 Å². The summed E-state index contributed by atoms with van der Waals surface area (Å²) in [5.74, 6) is 0.211. The smallest absolute Gasteiger partial charge is 0.434 e. The van der Waals surface area contributed by atoms with Gasteiger partial charge in [-0.2, -0.15) is 0 Å². The van der Waals surface area contributed by atoms with E-state index in [2.05, 4.69) is 10.6 Å². The highest BCUT2D eigenvalue weighted by atomic mass is 16.7. The largest absolute Gasteiger partial charge is 0.513 e. The van der Waals surface area contributed by atoms with Crippen molar-refractivity contribution in [1.82, 2.24) is 0 Å². The summed E-state index contributed by atoms with van der Waals surface area (Å²) in [6.07, 6.45) is 3.07. The predicted octanol–water partition coefficient (Wildman–Crippen LogP) is 4.77. The maximum atomic E-state index is 12.6. The van der Waals surface area contributed by atoms with Crippen molar-refractivity contribution in [1.29, 1.82) is 0 Å². The molecule has 1 saturated carbocycles. The molecule has 0 heterocycles. The van der Waals surface area contributed by atoms with E-state index in [4.69, 9.17) is 9.47 Å². The minimum absolute atomic E-state index is 0.214. The lowest BCUT2D eigenvalue weighted by atomic mass is 10.1. The van der Waals surface area contributed by atoms with E-state index in [1.54, 1.807) is 37.3 Å². The van der Waals surface area contributed by atoms with Crippen molar-refractivity contribution in [2.75, 3.05) is 17.2 Å². The van der Waals surface area contributed by atoms with Crippen LogP contribution in [0.2, 0.25) is 0 Å². The Balaban J connectivity index is 1.64. The third-order valence-corrected chi connectivity index (χ3v) is 4.59. The number of allylic oxidation sites excluding steroid dienone is 1. The van der Waals surface area contributed by atoms with E-state index in [-0.39, 0.29) is 24.2 Å². The summed E-state index contributed by atoms with van der Waals surface area (Å²) in [4.78, 5) is 36.2. The monoisotopic (exact) mass is 408 g/mol. The Morgan fingerprint density at radius 1 is 1.00 bits per heavy atom. The zero-order chi connectivity index (χ0) is 21.5. The zero-order valence-corrected chi connectivity index (χ0v) is 16.9. The number of nitrogens with one attached hydrogen (secondary N) is 2. The van der Waals surface area contributed by atoms with Gasteiger partial charge in [0.05, 0.1) is 18.0 Å². The van der Waals surface area contributed by atoms with E-state index in [1.165, 1.54) is 24.3 Å². The van der Waals surface area contributed by atoms with E-state index in [0.29, 0.717) is 22.9 Å². The van der Waals surface area contributed by atoms with Crippen LogP contribution in [0.25, 0.3) is 0 Å². The van der Waals surface area contributed by atoms with Crippen molar-refractivity contribution in [3.05, 3.63) is 65.7 Å². The molecule has 0 radical (unpaired) electrons. The van der Waals surface area contributed by atoms with E-state index in [9.17, 15) is 14.4 Å². The van der Waals surface area contributed by atoms with Gasteiger partial charge in [0.2, 0.25) is 5.91 Å². The number of carbonyl (C=O) groups is 3. The average molecular weight is 408 g/mol. The van der Waals surface area contributed by atoms with Crippen LogP contribution in [0.1, 0.15) is 37.0 Å². The lowest BCUT2D eigenvalue weighted by molar-refractivity contribution is -0.112. The van der Waals surface area contributed by atoms with Gasteiger partial charge in [-0.15, -0.1) is 0 Å². The third-order valence-electron chi connectivity index (χ3n) is 4.59. The minimum Gasteiger partial charge on any atom is -0.434 e. The number of rotatable bonds is 7. The number of amides is 2. The van der Waals surface area contributed by atoms with Crippen molar-refractivity contribution in [2.45, 2.75) is 26.7 Å². The summed E-state index contributed by atoms with van der Waals surface area (Å²) < 4.78 is 9.69. The normalized spacial score (nSPS) is 13.3. The van der Waals surface area contributed by atoms with Crippen LogP contribution in [-0.4, -0.2) is 24.6 Å². The van der Waals surface area contributed by atoms with Crippen LogP contribution in [0, 0.1) is 5.92 Å². The Morgan fingerprint density at radius 2 is 1.63 bits per heavy atom. The fourth-order valence-corrected chi connectivity index (χ4v) is 2.85. The van der Waals surface area contributed by atoms with Crippen molar-refractivity contribution in [3.8, 4) is 5.75 Å². The maximum absolute atomic E-state index is 12.6. The highest BCUT2D eigenvalue weighted by Crippen LogP contribution is 2.36. The molecule has 2 N–H and O–H groups in total. The van der Waals surface area contributed by atoms with E-state index >= 15 is 0 Å². The van der Waals surface area contributed by atoms with Gasteiger partial charge in [0.1, 0.15) is 5.75 Å². The number of carbonyl (C=O) groups excluding carboxylic acids is 3. The molecule has 1 fully saturated rings. The van der Waals surface area contributed by atoms with Crippen LogP contribution in [0.3, 0.4) is 0 Å². The van der Waals surface area contributed by atoms with Gasteiger partial charge in [-0.05, 0) is 69.0 Å². The van der Waals surface area contributed by atoms with E-state index in [1.807, 2.05) is 6.92 Å². The van der Waals surface area contributed by atoms with E-state index < -0.39 is 6.16 Å². The van der Waals surface area contributed by atoms with Gasteiger partial charge in [0.25, 0.3) is 5.91 Å². The number of anilines is 2. The fourth-order valence-electron chi connectivity index (χ4n) is 2.85. The zero-order valence-electron chi connectivity index (χ0n) is 16.9. The van der Waals surface area contributed by atoms with Gasteiger partial charge in [0, 0.05) is 11.6 Å². The molecule has 0 spiro atoms. The fraction of sp³-hybridized carbons (Fsp3) is 0.261.